The maximum Gasteiger partial charge on any atom is 0.305 e. The van der Waals surface area contributed by atoms with Gasteiger partial charge in [0.15, 0.2) is 5.76 Å². The number of thioether (sulfide) groups is 1. The zero-order valence-electron chi connectivity index (χ0n) is 13.0. The number of rotatable bonds is 6. The Kier molecular flexibility index (Phi) is 6.44. The minimum Gasteiger partial charge on any atom is -0.459 e. The van der Waals surface area contributed by atoms with Crippen LogP contribution in [0.15, 0.2) is 47.1 Å². The smallest absolute Gasteiger partial charge is 0.305 e. The summed E-state index contributed by atoms with van der Waals surface area (Å²) in [6, 6.07) is 10.5. The van der Waals surface area contributed by atoms with Gasteiger partial charge in [-0.15, -0.1) is 11.8 Å². The number of amides is 3. The van der Waals surface area contributed by atoms with Gasteiger partial charge in [-0.1, -0.05) is 17.7 Å². The van der Waals surface area contributed by atoms with Gasteiger partial charge in [-0.25, -0.2) is 0 Å². The highest BCUT2D eigenvalue weighted by Crippen LogP contribution is 2.09. The number of hydrazine groups is 1. The van der Waals surface area contributed by atoms with E-state index in [9.17, 15) is 14.4 Å². The van der Waals surface area contributed by atoms with Crippen molar-refractivity contribution in [1.82, 2.24) is 10.9 Å². The van der Waals surface area contributed by atoms with Crippen molar-refractivity contribution in [2.45, 2.75) is 6.92 Å². The van der Waals surface area contributed by atoms with Crippen LogP contribution in [0.5, 0.6) is 0 Å². The Morgan fingerprint density at radius 2 is 1.71 bits per heavy atom. The van der Waals surface area contributed by atoms with Crippen molar-refractivity contribution in [3.8, 4) is 0 Å². The Morgan fingerprint density at radius 3 is 2.38 bits per heavy atom. The van der Waals surface area contributed by atoms with Crippen molar-refractivity contribution in [2.24, 2.45) is 0 Å². The summed E-state index contributed by atoms with van der Waals surface area (Å²) < 4.78 is 4.88. The predicted molar refractivity (Wildman–Crippen MR) is 91.5 cm³/mol. The first-order valence-corrected chi connectivity index (χ1v) is 8.27. The van der Waals surface area contributed by atoms with E-state index in [0.29, 0.717) is 5.69 Å². The molecule has 0 saturated carbocycles. The molecule has 8 heteroatoms. The molecule has 3 N–H and O–H groups in total. The molecule has 0 saturated heterocycles. The third-order valence-electron chi connectivity index (χ3n) is 2.86. The number of nitrogens with one attached hydrogen (secondary N) is 3. The molecule has 0 unspecified atom stereocenters. The van der Waals surface area contributed by atoms with Gasteiger partial charge in [0.2, 0.25) is 11.8 Å². The number of hydrogen-bond donors (Lipinski definition) is 3. The molecule has 2 aromatic rings. The fraction of sp³-hybridized carbons (Fsp3) is 0.188. The largest absolute Gasteiger partial charge is 0.459 e. The Balaban J connectivity index is 1.62. The molecule has 0 aliphatic carbocycles. The van der Waals surface area contributed by atoms with E-state index in [1.54, 1.807) is 6.07 Å². The lowest BCUT2D eigenvalue weighted by Gasteiger charge is -2.07. The van der Waals surface area contributed by atoms with Gasteiger partial charge in [-0.3, -0.25) is 25.2 Å². The number of carbonyl (C=O) groups is 3. The number of furan rings is 1. The summed E-state index contributed by atoms with van der Waals surface area (Å²) in [4.78, 5) is 34.9. The van der Waals surface area contributed by atoms with Gasteiger partial charge in [0.1, 0.15) is 0 Å². The second kappa shape index (κ2) is 8.78. The molecule has 126 valence electrons. The number of carbonyl (C=O) groups excluding carboxylic acids is 3. The lowest BCUT2D eigenvalue weighted by Crippen LogP contribution is -2.42. The first-order valence-electron chi connectivity index (χ1n) is 7.11. The maximum absolute atomic E-state index is 11.8. The first kappa shape index (κ1) is 17.6. The molecule has 1 heterocycles. The minimum atomic E-state index is -0.546. The van der Waals surface area contributed by atoms with E-state index in [1.165, 1.54) is 12.3 Å². The average Bonchev–Trinajstić information content (AvgIpc) is 3.09. The number of benzene rings is 1. The van der Waals surface area contributed by atoms with E-state index in [4.69, 9.17) is 4.42 Å². The molecule has 0 aliphatic heterocycles. The highest BCUT2D eigenvalue weighted by molar-refractivity contribution is 8.00. The van der Waals surface area contributed by atoms with Crippen molar-refractivity contribution in [3.05, 3.63) is 54.0 Å². The second-order valence-corrected chi connectivity index (χ2v) is 5.87. The Morgan fingerprint density at radius 1 is 1.00 bits per heavy atom. The average molecular weight is 347 g/mol. The number of anilines is 1. The maximum atomic E-state index is 11.8. The van der Waals surface area contributed by atoms with Crippen molar-refractivity contribution >= 4 is 35.2 Å². The van der Waals surface area contributed by atoms with Crippen molar-refractivity contribution in [1.29, 1.82) is 0 Å². The lowest BCUT2D eigenvalue weighted by atomic mass is 10.2. The van der Waals surface area contributed by atoms with Crippen LogP contribution in [0.2, 0.25) is 0 Å². The SMILES string of the molecule is Cc1ccc(NC(=O)CSCC(=O)NNC(=O)c2ccco2)cc1. The summed E-state index contributed by atoms with van der Waals surface area (Å²) in [6.45, 7) is 1.96. The van der Waals surface area contributed by atoms with Crippen LogP contribution < -0.4 is 16.2 Å². The summed E-state index contributed by atoms with van der Waals surface area (Å²) in [5, 5.41) is 2.74. The molecule has 1 aromatic heterocycles. The highest BCUT2D eigenvalue weighted by atomic mass is 32.2. The van der Waals surface area contributed by atoms with Gasteiger partial charge in [0, 0.05) is 5.69 Å². The van der Waals surface area contributed by atoms with Crippen LogP contribution >= 0.6 is 11.8 Å². The first-order chi connectivity index (χ1) is 11.5. The minimum absolute atomic E-state index is 0.0414. The summed E-state index contributed by atoms with van der Waals surface area (Å²) in [6.07, 6.45) is 1.36. The zero-order chi connectivity index (χ0) is 17.4. The van der Waals surface area contributed by atoms with Crippen LogP contribution in [0.4, 0.5) is 5.69 Å². The predicted octanol–water partition coefficient (Wildman–Crippen LogP) is 1.72. The third-order valence-corrected chi connectivity index (χ3v) is 3.79. The molecule has 7 nitrogen and oxygen atoms in total. The van der Waals surface area contributed by atoms with Gasteiger partial charge in [-0.05, 0) is 31.2 Å². The van der Waals surface area contributed by atoms with E-state index in [-0.39, 0.29) is 23.2 Å². The molecular formula is C16H17N3O4S. The van der Waals surface area contributed by atoms with Crippen molar-refractivity contribution in [2.75, 3.05) is 16.8 Å². The molecule has 1 aromatic carbocycles. The van der Waals surface area contributed by atoms with E-state index in [0.717, 1.165) is 17.3 Å². The van der Waals surface area contributed by atoms with Crippen LogP contribution in [-0.4, -0.2) is 29.2 Å². The van der Waals surface area contributed by atoms with Crippen LogP contribution in [0.1, 0.15) is 16.1 Å². The molecule has 24 heavy (non-hydrogen) atoms. The summed E-state index contributed by atoms with van der Waals surface area (Å²) in [5.41, 5.74) is 6.29. The van der Waals surface area contributed by atoms with Crippen molar-refractivity contribution in [3.63, 3.8) is 0 Å². The molecule has 0 fully saturated rings. The fourth-order valence-electron chi connectivity index (χ4n) is 1.70. The molecule has 0 spiro atoms. The van der Waals surface area contributed by atoms with Crippen LogP contribution in [0, 0.1) is 6.92 Å². The van der Waals surface area contributed by atoms with Gasteiger partial charge in [-0.2, -0.15) is 0 Å². The summed E-state index contributed by atoms with van der Waals surface area (Å²) in [7, 11) is 0. The third kappa shape index (κ3) is 5.81. The molecule has 3 amide bonds. The van der Waals surface area contributed by atoms with Crippen molar-refractivity contribution < 1.29 is 18.8 Å². The van der Waals surface area contributed by atoms with Crippen LogP contribution in [0.3, 0.4) is 0 Å². The molecule has 0 bridgehead atoms. The van der Waals surface area contributed by atoms with E-state index in [1.807, 2.05) is 31.2 Å². The summed E-state index contributed by atoms with van der Waals surface area (Å²) >= 11 is 1.14. The standard InChI is InChI=1S/C16H17N3O4S/c1-11-4-6-12(7-5-11)17-14(20)9-24-10-15(21)18-19-16(22)13-3-2-8-23-13/h2-8H,9-10H2,1H3,(H,17,20)(H,18,21)(H,19,22). The van der Waals surface area contributed by atoms with Gasteiger partial charge in [0.25, 0.3) is 0 Å². The Bertz CT molecular complexity index is 699. The Labute approximate surface area is 143 Å². The molecule has 0 aliphatic rings. The highest BCUT2D eigenvalue weighted by Gasteiger charge is 2.10. The number of aryl methyl sites for hydroxylation is 1. The van der Waals surface area contributed by atoms with Gasteiger partial charge >= 0.3 is 5.91 Å². The quantitative estimate of drug-likeness (QED) is 0.691. The Hall–Kier alpha value is -2.74. The van der Waals surface area contributed by atoms with Crippen LogP contribution in [0.25, 0.3) is 0 Å². The number of hydrogen-bond acceptors (Lipinski definition) is 5. The second-order valence-electron chi connectivity index (χ2n) is 4.89. The molecular weight excluding hydrogens is 330 g/mol. The summed E-state index contributed by atoms with van der Waals surface area (Å²) in [5.74, 6) is -0.886. The molecule has 0 radical (unpaired) electrons. The monoisotopic (exact) mass is 347 g/mol. The normalized spacial score (nSPS) is 10.0. The van der Waals surface area contributed by atoms with E-state index >= 15 is 0 Å². The topological polar surface area (TPSA) is 100 Å². The fourth-order valence-corrected chi connectivity index (χ4v) is 2.32. The van der Waals surface area contributed by atoms with Crippen LogP contribution in [-0.2, 0) is 9.59 Å². The van der Waals surface area contributed by atoms with Gasteiger partial charge in [0.05, 0.1) is 17.8 Å². The lowest BCUT2D eigenvalue weighted by molar-refractivity contribution is -0.119. The molecule has 0 atom stereocenters. The molecule has 2 rings (SSSR count). The van der Waals surface area contributed by atoms with Gasteiger partial charge < -0.3 is 9.73 Å². The van der Waals surface area contributed by atoms with E-state index in [2.05, 4.69) is 16.2 Å². The zero-order valence-corrected chi connectivity index (χ0v) is 13.8. The van der Waals surface area contributed by atoms with E-state index < -0.39 is 11.8 Å².